The molecule has 0 spiro atoms. The summed E-state index contributed by atoms with van der Waals surface area (Å²) in [6.45, 7) is 3.97. The second kappa shape index (κ2) is 8.41. The van der Waals surface area contributed by atoms with Crippen LogP contribution in [0, 0.1) is 34.6 Å². The van der Waals surface area contributed by atoms with E-state index in [9.17, 15) is 18.5 Å². The van der Waals surface area contributed by atoms with Crippen LogP contribution in [0.1, 0.15) is 51.5 Å². The number of carbonyl (C=O) groups excluding carboxylic acids is 1. The van der Waals surface area contributed by atoms with E-state index in [4.69, 9.17) is 15.5 Å². The fraction of sp³-hybridized carbons (Fsp3) is 0.625. The molecule has 0 heterocycles. The van der Waals surface area contributed by atoms with Crippen LogP contribution in [0.4, 0.5) is 0 Å². The minimum absolute atomic E-state index is 0.0433. The van der Waals surface area contributed by atoms with E-state index >= 15 is 0 Å². The zero-order valence-electron chi connectivity index (χ0n) is 19.4. The number of amidine groups is 1. The lowest BCUT2D eigenvalue weighted by molar-refractivity contribution is -0.144. The number of rotatable bonds is 7. The standard InChI is InChI=1S/C24H32N4O4S/c1-23(2,32-13-15-4-6-19(7-5-15)33(3,30)31)22(27-14-25)28-20-17-8-16-9-18(20)12-24(10-16,11-17)21(26)29/h4-7,16-18,20H,8-13H2,1-3H3,(H2,26,29)(H,27,28). The maximum Gasteiger partial charge on any atom is 0.223 e. The third-order valence-corrected chi connectivity index (χ3v) is 8.85. The number of nitrogens with two attached hydrogens (primary N) is 1. The van der Waals surface area contributed by atoms with Crippen LogP contribution in [0.5, 0.6) is 0 Å². The highest BCUT2D eigenvalue weighted by molar-refractivity contribution is 7.90. The van der Waals surface area contributed by atoms with Crippen molar-refractivity contribution in [2.45, 2.75) is 69.1 Å². The molecule has 0 aliphatic heterocycles. The van der Waals surface area contributed by atoms with E-state index in [1.807, 2.05) is 20.0 Å². The van der Waals surface area contributed by atoms with Crippen LogP contribution in [0.25, 0.3) is 0 Å². The number of benzene rings is 1. The molecule has 3 N–H and O–H groups in total. The van der Waals surface area contributed by atoms with Crippen LogP contribution in [-0.2, 0) is 26.0 Å². The summed E-state index contributed by atoms with van der Waals surface area (Å²) < 4.78 is 29.5. The molecule has 8 nitrogen and oxygen atoms in total. The van der Waals surface area contributed by atoms with Crippen molar-refractivity contribution in [3.05, 3.63) is 29.8 Å². The number of ether oxygens (including phenoxy) is 1. The van der Waals surface area contributed by atoms with Gasteiger partial charge < -0.3 is 10.5 Å². The van der Waals surface area contributed by atoms with Crippen LogP contribution in [0.3, 0.4) is 0 Å². The molecule has 4 saturated carbocycles. The van der Waals surface area contributed by atoms with Crippen LogP contribution in [0.2, 0.25) is 0 Å². The molecule has 0 aromatic heterocycles. The van der Waals surface area contributed by atoms with Crippen LogP contribution >= 0.6 is 0 Å². The largest absolute Gasteiger partial charge is 0.369 e. The first kappa shape index (κ1) is 23.7. The van der Waals surface area contributed by atoms with Gasteiger partial charge in [-0.3, -0.25) is 15.1 Å². The van der Waals surface area contributed by atoms with Crippen molar-refractivity contribution in [1.29, 1.82) is 5.26 Å². The van der Waals surface area contributed by atoms with Gasteiger partial charge in [-0.15, -0.1) is 0 Å². The molecule has 1 amide bonds. The number of aliphatic imine (C=N–C) groups is 1. The van der Waals surface area contributed by atoms with E-state index in [1.54, 1.807) is 24.3 Å². The van der Waals surface area contributed by atoms with Crippen molar-refractivity contribution in [2.75, 3.05) is 6.26 Å². The van der Waals surface area contributed by atoms with Crippen LogP contribution in [0.15, 0.2) is 34.2 Å². The van der Waals surface area contributed by atoms with Crippen molar-refractivity contribution in [3.63, 3.8) is 0 Å². The Morgan fingerprint density at radius 1 is 1.24 bits per heavy atom. The number of primary amides is 1. The molecule has 4 aliphatic rings. The average molecular weight is 473 g/mol. The second-order valence-electron chi connectivity index (χ2n) is 10.5. The maximum atomic E-state index is 12.2. The first-order chi connectivity index (χ1) is 15.4. The molecule has 5 rings (SSSR count). The average Bonchev–Trinajstić information content (AvgIpc) is 2.73. The van der Waals surface area contributed by atoms with Crippen molar-refractivity contribution in [2.24, 2.45) is 33.9 Å². The van der Waals surface area contributed by atoms with Gasteiger partial charge in [-0.05, 0) is 81.4 Å². The fourth-order valence-electron chi connectivity index (χ4n) is 6.22. The number of carbonyl (C=O) groups is 1. The Morgan fingerprint density at radius 3 is 2.36 bits per heavy atom. The molecule has 4 bridgehead atoms. The zero-order chi connectivity index (χ0) is 24.0. The van der Waals surface area contributed by atoms with Crippen LogP contribution < -0.4 is 11.1 Å². The summed E-state index contributed by atoms with van der Waals surface area (Å²) in [6.07, 6.45) is 7.72. The number of nitrogens with one attached hydrogen (secondary N) is 1. The summed E-state index contributed by atoms with van der Waals surface area (Å²) in [6, 6.07) is 6.62. The fourth-order valence-corrected chi connectivity index (χ4v) is 6.85. The summed E-state index contributed by atoms with van der Waals surface area (Å²) in [7, 11) is -3.25. The molecule has 1 aromatic rings. The predicted molar refractivity (Wildman–Crippen MR) is 124 cm³/mol. The second-order valence-corrected chi connectivity index (χ2v) is 12.6. The number of sulfone groups is 1. The third kappa shape index (κ3) is 4.64. The van der Waals surface area contributed by atoms with Gasteiger partial charge in [0.2, 0.25) is 5.91 Å². The summed E-state index contributed by atoms with van der Waals surface area (Å²) in [5.41, 5.74) is 5.38. The molecular weight excluding hydrogens is 440 g/mol. The van der Waals surface area contributed by atoms with Gasteiger partial charge in [-0.1, -0.05) is 12.1 Å². The van der Waals surface area contributed by atoms with E-state index in [0.29, 0.717) is 23.6 Å². The molecule has 33 heavy (non-hydrogen) atoms. The van der Waals surface area contributed by atoms with Crippen molar-refractivity contribution < 1.29 is 17.9 Å². The summed E-state index contributed by atoms with van der Waals surface area (Å²) in [5, 5.41) is 12.1. The van der Waals surface area contributed by atoms with Gasteiger partial charge in [0, 0.05) is 11.7 Å². The molecule has 2 unspecified atom stereocenters. The van der Waals surface area contributed by atoms with Crippen molar-refractivity contribution in [1.82, 2.24) is 5.32 Å². The number of amides is 1. The van der Waals surface area contributed by atoms with Gasteiger partial charge in [0.05, 0.1) is 17.5 Å². The maximum absolute atomic E-state index is 12.2. The molecule has 178 valence electrons. The van der Waals surface area contributed by atoms with Crippen molar-refractivity contribution in [3.8, 4) is 6.19 Å². The molecule has 0 radical (unpaired) electrons. The lowest BCUT2D eigenvalue weighted by Gasteiger charge is -2.57. The van der Waals surface area contributed by atoms with E-state index in [-0.39, 0.29) is 28.9 Å². The first-order valence-electron chi connectivity index (χ1n) is 11.4. The zero-order valence-corrected chi connectivity index (χ0v) is 20.2. The molecule has 1 aromatic carbocycles. The summed E-state index contributed by atoms with van der Waals surface area (Å²) in [4.78, 5) is 17.5. The number of hydrogen-bond acceptors (Lipinski definition) is 6. The molecule has 9 heteroatoms. The quantitative estimate of drug-likeness (QED) is 0.271. The smallest absolute Gasteiger partial charge is 0.223 e. The van der Waals surface area contributed by atoms with Crippen molar-refractivity contribution >= 4 is 21.6 Å². The van der Waals surface area contributed by atoms with Gasteiger partial charge in [0.1, 0.15) is 11.4 Å². The van der Waals surface area contributed by atoms with E-state index in [0.717, 1.165) is 37.7 Å². The van der Waals surface area contributed by atoms with E-state index in [1.165, 1.54) is 6.26 Å². The summed E-state index contributed by atoms with van der Waals surface area (Å²) >= 11 is 0. The molecule has 0 saturated heterocycles. The van der Waals surface area contributed by atoms with Gasteiger partial charge in [-0.2, -0.15) is 5.26 Å². The lowest BCUT2D eigenvalue weighted by atomic mass is 9.48. The Bertz CT molecular complexity index is 1090. The molecular formula is C24H32N4O4S. The highest BCUT2D eigenvalue weighted by Crippen LogP contribution is 2.60. The highest BCUT2D eigenvalue weighted by Gasteiger charge is 2.58. The molecule has 4 fully saturated rings. The van der Waals surface area contributed by atoms with Gasteiger partial charge in [0.15, 0.2) is 16.0 Å². The monoisotopic (exact) mass is 472 g/mol. The lowest BCUT2D eigenvalue weighted by Crippen LogP contribution is -2.58. The Balaban J connectivity index is 1.50. The summed E-state index contributed by atoms with van der Waals surface area (Å²) in [5.74, 6) is 1.42. The number of nitriles is 1. The van der Waals surface area contributed by atoms with Gasteiger partial charge in [0.25, 0.3) is 0 Å². The van der Waals surface area contributed by atoms with E-state index < -0.39 is 15.4 Å². The Kier molecular flexibility index (Phi) is 6.04. The normalized spacial score (nSPS) is 31.3. The minimum Gasteiger partial charge on any atom is -0.369 e. The van der Waals surface area contributed by atoms with E-state index in [2.05, 4.69) is 5.32 Å². The van der Waals surface area contributed by atoms with Gasteiger partial charge in [-0.25, -0.2) is 8.42 Å². The third-order valence-electron chi connectivity index (χ3n) is 7.72. The molecule has 4 aliphatic carbocycles. The topological polar surface area (TPSA) is 135 Å². The van der Waals surface area contributed by atoms with Gasteiger partial charge >= 0.3 is 0 Å². The number of hydrogen-bond donors (Lipinski definition) is 2. The highest BCUT2D eigenvalue weighted by atomic mass is 32.2. The Hall–Kier alpha value is -2.44. The Labute approximate surface area is 195 Å². The first-order valence-corrected chi connectivity index (χ1v) is 13.3. The predicted octanol–water partition coefficient (Wildman–Crippen LogP) is 2.53. The Morgan fingerprint density at radius 2 is 1.85 bits per heavy atom. The van der Waals surface area contributed by atoms with Crippen LogP contribution in [-0.4, -0.2) is 38.1 Å². The minimum atomic E-state index is -3.25. The molecule has 2 atom stereocenters. The SMILES string of the molecule is CC(C)(OCc1ccc(S(C)(=O)=O)cc1)C(=NC1C2CC3CC1CC(C(N)=O)(C3)C2)NC#N. The number of nitrogens with zero attached hydrogens (tertiary/aromatic N) is 2.